The number of rotatable bonds is 18. The second kappa shape index (κ2) is 18.1. The van der Waals surface area contributed by atoms with Crippen LogP contribution >= 0.6 is 0 Å². The first-order valence-electron chi connectivity index (χ1n) is 16.6. The molecule has 0 unspecified atom stereocenters. The first-order valence-corrected chi connectivity index (χ1v) is 16.6. The van der Waals surface area contributed by atoms with Crippen LogP contribution in [0.25, 0.3) is 11.1 Å². The van der Waals surface area contributed by atoms with Crippen molar-refractivity contribution in [3.8, 4) is 16.9 Å². The van der Waals surface area contributed by atoms with E-state index >= 15 is 0 Å². The number of hydrogen-bond donors (Lipinski definition) is 2. The Morgan fingerprint density at radius 2 is 1.39 bits per heavy atom. The van der Waals surface area contributed by atoms with Crippen LogP contribution in [0.2, 0.25) is 0 Å². The highest BCUT2D eigenvalue weighted by atomic mass is 16.5. The number of piperazine rings is 1. The lowest BCUT2D eigenvalue weighted by atomic mass is 9.95. The Bertz CT molecular complexity index is 1430. The van der Waals surface area contributed by atoms with Gasteiger partial charge in [-0.3, -0.25) is 14.4 Å². The average Bonchev–Trinajstić information content (AvgIpc) is 3.06. The largest absolute Gasteiger partial charge is 0.493 e. The molecule has 1 fully saturated rings. The smallest absolute Gasteiger partial charge is 0.303 e. The van der Waals surface area contributed by atoms with Gasteiger partial charge in [0.1, 0.15) is 5.75 Å². The fourth-order valence-electron chi connectivity index (χ4n) is 6.03. The van der Waals surface area contributed by atoms with E-state index < -0.39 is 11.9 Å². The minimum atomic E-state index is -0.856. The van der Waals surface area contributed by atoms with Gasteiger partial charge in [0.15, 0.2) is 0 Å². The fraction of sp³-hybridized carbons (Fsp3) is 0.447. The number of carbonyl (C=O) groups excluding carboxylic acids is 1. The second-order valence-electron chi connectivity index (χ2n) is 12.3. The number of aliphatic carboxylic acids is 2. The number of benzene rings is 3. The number of carbonyl (C=O) groups is 3. The number of aryl methyl sites for hydroxylation is 2. The summed E-state index contributed by atoms with van der Waals surface area (Å²) in [6.07, 6.45) is 7.93. The van der Waals surface area contributed by atoms with Crippen LogP contribution in [-0.4, -0.2) is 77.7 Å². The van der Waals surface area contributed by atoms with E-state index in [4.69, 9.17) is 9.84 Å². The summed E-state index contributed by atoms with van der Waals surface area (Å²) >= 11 is 0. The van der Waals surface area contributed by atoms with Crippen LogP contribution in [-0.2, 0) is 28.9 Å². The summed E-state index contributed by atoms with van der Waals surface area (Å²) in [5.41, 5.74) is 6.19. The standard InChI is InChI=1S/C38H48N2O6/c1-39-21-23-40(24-22-39)38(45)33-27-29(26-32(28-33)30-13-8-5-9-14-30)12-6-3-2-4-7-15-31-16-10-17-35(34(31)19-20-37(43)44)46-25-11-18-36(41)42/h5,8-10,13-14,16-17,26-28H,2-4,6-7,11-12,15,18-25H2,1H3,(H,41,42)(H,43,44). The lowest BCUT2D eigenvalue weighted by molar-refractivity contribution is -0.138. The monoisotopic (exact) mass is 628 g/mol. The summed E-state index contributed by atoms with van der Waals surface area (Å²) in [4.78, 5) is 39.8. The SMILES string of the molecule is CN1CCN(C(=O)c2cc(CCCCCCCc3cccc(OCCCC(=O)O)c3CCC(=O)O)cc(-c3ccccc3)c2)CC1. The fourth-order valence-corrected chi connectivity index (χ4v) is 6.03. The highest BCUT2D eigenvalue weighted by molar-refractivity contribution is 5.96. The third kappa shape index (κ3) is 11.0. The van der Waals surface area contributed by atoms with Crippen molar-refractivity contribution in [1.82, 2.24) is 9.80 Å². The van der Waals surface area contributed by atoms with Crippen molar-refractivity contribution in [3.05, 3.63) is 89.0 Å². The lowest BCUT2D eigenvalue weighted by Gasteiger charge is -2.32. The Balaban J connectivity index is 1.30. The maximum Gasteiger partial charge on any atom is 0.303 e. The van der Waals surface area contributed by atoms with Crippen molar-refractivity contribution >= 4 is 17.8 Å². The summed E-state index contributed by atoms with van der Waals surface area (Å²) in [5.74, 6) is -0.932. The van der Waals surface area contributed by atoms with E-state index in [0.717, 1.165) is 98.9 Å². The Morgan fingerprint density at radius 1 is 0.696 bits per heavy atom. The first-order chi connectivity index (χ1) is 22.3. The maximum absolute atomic E-state index is 13.5. The quantitative estimate of drug-likeness (QED) is 0.150. The predicted molar refractivity (Wildman–Crippen MR) is 181 cm³/mol. The number of ether oxygens (including phenoxy) is 1. The van der Waals surface area contributed by atoms with Crippen LogP contribution in [0.5, 0.6) is 5.75 Å². The Morgan fingerprint density at radius 3 is 2.11 bits per heavy atom. The molecule has 46 heavy (non-hydrogen) atoms. The molecule has 1 heterocycles. The van der Waals surface area contributed by atoms with Crippen LogP contribution < -0.4 is 4.74 Å². The lowest BCUT2D eigenvalue weighted by Crippen LogP contribution is -2.47. The number of nitrogens with zero attached hydrogens (tertiary/aromatic N) is 2. The van der Waals surface area contributed by atoms with E-state index in [1.807, 2.05) is 47.4 Å². The molecule has 3 aromatic carbocycles. The van der Waals surface area contributed by atoms with Crippen molar-refractivity contribution in [2.24, 2.45) is 0 Å². The molecule has 0 radical (unpaired) electrons. The number of hydrogen-bond acceptors (Lipinski definition) is 5. The van der Waals surface area contributed by atoms with Crippen molar-refractivity contribution in [1.29, 1.82) is 0 Å². The molecule has 0 atom stereocenters. The molecule has 246 valence electrons. The molecule has 0 aromatic heterocycles. The molecule has 0 saturated carbocycles. The van der Waals surface area contributed by atoms with E-state index in [2.05, 4.69) is 36.2 Å². The normalized spacial score (nSPS) is 13.5. The molecule has 2 N–H and O–H groups in total. The molecule has 1 aliphatic rings. The van der Waals surface area contributed by atoms with Gasteiger partial charge in [-0.25, -0.2) is 0 Å². The molecule has 3 aromatic rings. The van der Waals surface area contributed by atoms with E-state index in [-0.39, 0.29) is 25.4 Å². The molecule has 8 heteroatoms. The molecule has 1 amide bonds. The Hall–Kier alpha value is -4.17. The minimum Gasteiger partial charge on any atom is -0.493 e. The van der Waals surface area contributed by atoms with Gasteiger partial charge in [-0.15, -0.1) is 0 Å². The predicted octanol–water partition coefficient (Wildman–Crippen LogP) is 6.74. The van der Waals surface area contributed by atoms with Gasteiger partial charge in [0.25, 0.3) is 5.91 Å². The number of likely N-dealkylation sites (N-methyl/N-ethyl adjacent to an activating group) is 1. The topological polar surface area (TPSA) is 107 Å². The molecule has 0 aliphatic carbocycles. The zero-order valence-electron chi connectivity index (χ0n) is 27.1. The molecular formula is C38H48N2O6. The zero-order valence-corrected chi connectivity index (χ0v) is 27.1. The Labute approximate surface area is 273 Å². The molecule has 0 bridgehead atoms. The van der Waals surface area contributed by atoms with E-state index in [1.165, 1.54) is 5.56 Å². The van der Waals surface area contributed by atoms with Gasteiger partial charge in [-0.1, -0.05) is 67.8 Å². The molecule has 1 aliphatic heterocycles. The van der Waals surface area contributed by atoms with Crippen molar-refractivity contribution in [3.63, 3.8) is 0 Å². The summed E-state index contributed by atoms with van der Waals surface area (Å²) in [7, 11) is 2.09. The summed E-state index contributed by atoms with van der Waals surface area (Å²) in [6, 6.07) is 22.4. The van der Waals surface area contributed by atoms with Gasteiger partial charge in [0, 0.05) is 44.6 Å². The van der Waals surface area contributed by atoms with E-state index in [0.29, 0.717) is 18.6 Å². The van der Waals surface area contributed by atoms with Crippen LogP contribution in [0.1, 0.15) is 78.4 Å². The summed E-state index contributed by atoms with van der Waals surface area (Å²) < 4.78 is 5.88. The van der Waals surface area contributed by atoms with Crippen LogP contribution in [0, 0.1) is 0 Å². The number of carboxylic acid groups (broad SMARTS) is 2. The van der Waals surface area contributed by atoms with Crippen LogP contribution in [0.4, 0.5) is 0 Å². The molecule has 4 rings (SSSR count). The van der Waals surface area contributed by atoms with Gasteiger partial charge in [0.2, 0.25) is 0 Å². The summed E-state index contributed by atoms with van der Waals surface area (Å²) in [6.45, 7) is 3.59. The highest BCUT2D eigenvalue weighted by Crippen LogP contribution is 2.27. The second-order valence-corrected chi connectivity index (χ2v) is 12.3. The molecule has 0 spiro atoms. The number of carboxylic acids is 2. The van der Waals surface area contributed by atoms with Crippen LogP contribution in [0.3, 0.4) is 0 Å². The third-order valence-electron chi connectivity index (χ3n) is 8.66. The minimum absolute atomic E-state index is 0.0245. The molecular weight excluding hydrogens is 580 g/mol. The van der Waals surface area contributed by atoms with Gasteiger partial charge >= 0.3 is 11.9 Å². The van der Waals surface area contributed by atoms with Crippen LogP contribution in [0.15, 0.2) is 66.7 Å². The number of amides is 1. The molecule has 1 saturated heterocycles. The first kappa shape index (κ1) is 34.7. The Kier molecular flexibility index (Phi) is 13.6. The van der Waals surface area contributed by atoms with Gasteiger partial charge in [0.05, 0.1) is 6.61 Å². The van der Waals surface area contributed by atoms with E-state index in [9.17, 15) is 19.5 Å². The maximum atomic E-state index is 13.5. The highest BCUT2D eigenvalue weighted by Gasteiger charge is 2.21. The van der Waals surface area contributed by atoms with Crippen molar-refractivity contribution in [2.75, 3.05) is 39.8 Å². The third-order valence-corrected chi connectivity index (χ3v) is 8.66. The van der Waals surface area contributed by atoms with Crippen molar-refractivity contribution < 1.29 is 29.3 Å². The van der Waals surface area contributed by atoms with Gasteiger partial charge in [-0.05, 0) is 91.6 Å². The average molecular weight is 629 g/mol. The zero-order chi connectivity index (χ0) is 32.7. The van der Waals surface area contributed by atoms with Gasteiger partial charge in [-0.2, -0.15) is 0 Å². The number of unbranched alkanes of at least 4 members (excludes halogenated alkanes) is 4. The van der Waals surface area contributed by atoms with Crippen molar-refractivity contribution in [2.45, 2.75) is 70.6 Å². The van der Waals surface area contributed by atoms with Gasteiger partial charge < -0.3 is 24.7 Å². The van der Waals surface area contributed by atoms with E-state index in [1.54, 1.807) is 0 Å². The summed E-state index contributed by atoms with van der Waals surface area (Å²) in [5, 5.41) is 18.2. The molecule has 8 nitrogen and oxygen atoms in total.